The van der Waals surface area contributed by atoms with Gasteiger partial charge in [0.2, 0.25) is 0 Å². The van der Waals surface area contributed by atoms with Crippen LogP contribution in [0.15, 0.2) is 0 Å². The van der Waals surface area contributed by atoms with Crippen molar-refractivity contribution in [1.82, 2.24) is 10.4 Å². The Labute approximate surface area is 84.5 Å². The summed E-state index contributed by atoms with van der Waals surface area (Å²) in [7, 11) is 0. The van der Waals surface area contributed by atoms with Gasteiger partial charge in [-0.05, 0) is 26.7 Å². The molecule has 1 aliphatic rings. The normalized spacial score (nSPS) is 24.3. The van der Waals surface area contributed by atoms with Gasteiger partial charge in [0.05, 0.1) is 5.66 Å². The topological polar surface area (TPSA) is 65.1 Å². The van der Waals surface area contributed by atoms with Gasteiger partial charge in [-0.2, -0.15) is 0 Å². The van der Waals surface area contributed by atoms with Crippen LogP contribution in [0.4, 0.5) is 0 Å². The molecule has 1 atom stereocenters. The summed E-state index contributed by atoms with van der Waals surface area (Å²) in [4.78, 5) is 10.0. The minimum Gasteiger partial charge on any atom is -0.550 e. The van der Waals surface area contributed by atoms with E-state index in [1.165, 1.54) is 0 Å². The molecular formula is C7H13LiN2O2. The van der Waals surface area contributed by atoms with E-state index >= 15 is 0 Å². The van der Waals surface area contributed by atoms with Crippen LogP contribution in [0.1, 0.15) is 26.7 Å². The molecule has 0 aromatic rings. The van der Waals surface area contributed by atoms with E-state index in [2.05, 4.69) is 5.43 Å². The Hall–Kier alpha value is -0.0126. The molecule has 12 heavy (non-hydrogen) atoms. The summed E-state index contributed by atoms with van der Waals surface area (Å²) >= 11 is 0. The Morgan fingerprint density at radius 3 is 2.42 bits per heavy atom. The molecule has 0 aromatic heterocycles. The fourth-order valence-electron chi connectivity index (χ4n) is 1.02. The van der Waals surface area contributed by atoms with Crippen LogP contribution in [0.5, 0.6) is 0 Å². The van der Waals surface area contributed by atoms with Crippen molar-refractivity contribution in [1.29, 1.82) is 0 Å². The summed E-state index contributed by atoms with van der Waals surface area (Å²) in [6.45, 7) is 4.87. The zero-order chi connectivity index (χ0) is 8.48. The number of carbonyl (C=O) groups is 1. The first-order chi connectivity index (χ1) is 5.02. The third-order valence-corrected chi connectivity index (χ3v) is 1.80. The van der Waals surface area contributed by atoms with Crippen LogP contribution in [-0.2, 0) is 4.79 Å². The van der Waals surface area contributed by atoms with Crippen LogP contribution in [0.25, 0.3) is 0 Å². The molecule has 0 aliphatic carbocycles. The van der Waals surface area contributed by atoms with E-state index in [-0.39, 0.29) is 30.9 Å². The zero-order valence-electron chi connectivity index (χ0n) is 7.89. The zero-order valence-corrected chi connectivity index (χ0v) is 7.89. The van der Waals surface area contributed by atoms with Gasteiger partial charge in [0.15, 0.2) is 0 Å². The van der Waals surface area contributed by atoms with E-state index in [9.17, 15) is 9.90 Å². The first kappa shape index (κ1) is 12.0. The molecular weight excluding hydrogens is 151 g/mol. The average molecular weight is 164 g/mol. The molecule has 0 bridgehead atoms. The Kier molecular flexibility index (Phi) is 4.28. The van der Waals surface area contributed by atoms with E-state index in [1.807, 2.05) is 18.9 Å². The Morgan fingerprint density at radius 1 is 1.58 bits per heavy atom. The minimum absolute atomic E-state index is 0. The third kappa shape index (κ3) is 3.59. The van der Waals surface area contributed by atoms with E-state index in [0.29, 0.717) is 6.42 Å². The number of hydrogen-bond acceptors (Lipinski definition) is 4. The second-order valence-corrected chi connectivity index (χ2v) is 3.30. The van der Waals surface area contributed by atoms with Crippen LogP contribution in [-0.4, -0.2) is 23.2 Å². The fraction of sp³-hybridized carbons (Fsp3) is 0.857. The molecule has 1 fully saturated rings. The molecule has 64 valence electrons. The van der Waals surface area contributed by atoms with E-state index in [4.69, 9.17) is 0 Å². The number of nitrogens with one attached hydrogen (secondary N) is 1. The summed E-state index contributed by atoms with van der Waals surface area (Å²) < 4.78 is 0. The number of carboxylic acids is 1. The molecule has 0 radical (unpaired) electrons. The molecule has 1 aliphatic heterocycles. The first-order valence-corrected chi connectivity index (χ1v) is 3.78. The van der Waals surface area contributed by atoms with Gasteiger partial charge in [0.1, 0.15) is 0 Å². The maximum atomic E-state index is 10.0. The van der Waals surface area contributed by atoms with Gasteiger partial charge in [-0.25, -0.2) is 10.4 Å². The van der Waals surface area contributed by atoms with Crippen molar-refractivity contribution < 1.29 is 28.8 Å². The van der Waals surface area contributed by atoms with E-state index in [0.717, 1.165) is 6.54 Å². The molecule has 0 saturated carbocycles. The third-order valence-electron chi connectivity index (χ3n) is 1.80. The molecule has 0 amide bonds. The van der Waals surface area contributed by atoms with Gasteiger partial charge in [0, 0.05) is 12.5 Å². The molecule has 4 nitrogen and oxygen atoms in total. The van der Waals surface area contributed by atoms with Gasteiger partial charge in [-0.3, -0.25) is 0 Å². The molecule has 1 saturated heterocycles. The fourth-order valence-corrected chi connectivity index (χ4v) is 1.02. The Morgan fingerprint density at radius 2 is 2.08 bits per heavy atom. The van der Waals surface area contributed by atoms with Gasteiger partial charge in [0.25, 0.3) is 0 Å². The van der Waals surface area contributed by atoms with Crippen molar-refractivity contribution in [3.05, 3.63) is 0 Å². The van der Waals surface area contributed by atoms with Crippen LogP contribution >= 0.6 is 0 Å². The minimum atomic E-state index is -0.968. The number of nitrogens with zero attached hydrogens (tertiary/aromatic N) is 1. The van der Waals surface area contributed by atoms with Gasteiger partial charge < -0.3 is 9.90 Å². The Balaban J connectivity index is 0.00000121. The van der Waals surface area contributed by atoms with Crippen LogP contribution < -0.4 is 29.4 Å². The van der Waals surface area contributed by atoms with Crippen molar-refractivity contribution >= 4 is 5.97 Å². The number of aliphatic carboxylic acids is 1. The number of hydrazine groups is 1. The predicted molar refractivity (Wildman–Crippen MR) is 38.2 cm³/mol. The number of carbonyl (C=O) groups excluding carboxylic acids is 1. The molecule has 1 N–H and O–H groups in total. The van der Waals surface area contributed by atoms with Crippen LogP contribution in [0.3, 0.4) is 0 Å². The van der Waals surface area contributed by atoms with Crippen molar-refractivity contribution in [2.75, 3.05) is 6.54 Å². The number of rotatable bonds is 4. The van der Waals surface area contributed by atoms with Crippen LogP contribution in [0.2, 0.25) is 0 Å². The molecule has 1 heterocycles. The van der Waals surface area contributed by atoms with E-state index in [1.54, 1.807) is 0 Å². The van der Waals surface area contributed by atoms with E-state index < -0.39 is 5.97 Å². The first-order valence-electron chi connectivity index (χ1n) is 3.78. The smallest absolute Gasteiger partial charge is 0.550 e. The summed E-state index contributed by atoms with van der Waals surface area (Å²) in [5, 5.41) is 12.0. The van der Waals surface area contributed by atoms with Gasteiger partial charge in [-0.15, -0.1) is 0 Å². The maximum Gasteiger partial charge on any atom is 1.00 e. The second-order valence-electron chi connectivity index (χ2n) is 3.30. The molecule has 1 rings (SSSR count). The molecule has 0 aromatic carbocycles. The quantitative estimate of drug-likeness (QED) is 0.340. The molecule has 1 unspecified atom stereocenters. The van der Waals surface area contributed by atoms with Crippen molar-refractivity contribution in [2.24, 2.45) is 0 Å². The summed E-state index contributed by atoms with van der Waals surface area (Å²) in [6.07, 6.45) is 0.799. The number of carboxylic acid groups (broad SMARTS) is 1. The summed E-state index contributed by atoms with van der Waals surface area (Å²) in [5.41, 5.74) is 3.18. The van der Waals surface area contributed by atoms with Gasteiger partial charge in [-0.1, -0.05) is 0 Å². The standard InChI is InChI=1S/C7H14N2O2.Li/c1-7(2)8-9(7)5-3-4-6(10)11;/h8H,3-5H2,1-2H3,(H,10,11);/q;+1/p-1. The maximum absolute atomic E-state index is 10.0. The largest absolute Gasteiger partial charge is 1.00 e. The van der Waals surface area contributed by atoms with Crippen molar-refractivity contribution in [2.45, 2.75) is 32.4 Å². The average Bonchev–Trinajstić information content (AvgIpc) is 2.39. The second kappa shape index (κ2) is 4.29. The summed E-state index contributed by atoms with van der Waals surface area (Å²) in [5.74, 6) is -0.968. The van der Waals surface area contributed by atoms with Gasteiger partial charge >= 0.3 is 18.9 Å². The van der Waals surface area contributed by atoms with Crippen molar-refractivity contribution in [3.63, 3.8) is 0 Å². The predicted octanol–water partition coefficient (Wildman–Crippen LogP) is -3.92. The monoisotopic (exact) mass is 164 g/mol. The Bertz CT molecular complexity index is 173. The molecule has 0 spiro atoms. The SMILES string of the molecule is CC1(C)NN1CCCC(=O)[O-].[Li+]. The summed E-state index contributed by atoms with van der Waals surface area (Å²) in [6, 6.07) is 0. The van der Waals surface area contributed by atoms with Crippen molar-refractivity contribution in [3.8, 4) is 0 Å². The number of hydrogen-bond donors (Lipinski definition) is 1. The van der Waals surface area contributed by atoms with Crippen LogP contribution in [0, 0.1) is 0 Å². The molecule has 5 heteroatoms.